The molecule has 98 valence electrons. The quantitative estimate of drug-likeness (QED) is 0.652. The fraction of sp³-hybridized carbons (Fsp3) is 0. The van der Waals surface area contributed by atoms with Gasteiger partial charge in [0.05, 0.1) is 11.2 Å². The highest BCUT2D eigenvalue weighted by Gasteiger charge is 2.06. The molecular formula is C16H9ClFNO. The number of benzene rings is 2. The van der Waals surface area contributed by atoms with Crippen molar-refractivity contribution in [1.82, 2.24) is 4.98 Å². The Morgan fingerprint density at radius 2 is 1.85 bits per heavy atom. The number of aromatic nitrogens is 1. The Balaban J connectivity index is 2.16. The van der Waals surface area contributed by atoms with Crippen LogP contribution in [0.15, 0.2) is 54.6 Å². The topological polar surface area (TPSA) is 30.0 Å². The Kier molecular flexibility index (Phi) is 3.20. The van der Waals surface area contributed by atoms with Crippen molar-refractivity contribution in [2.45, 2.75) is 0 Å². The molecule has 2 aromatic carbocycles. The van der Waals surface area contributed by atoms with Crippen molar-refractivity contribution in [3.63, 3.8) is 0 Å². The van der Waals surface area contributed by atoms with E-state index < -0.39 is 5.24 Å². The third-order valence-electron chi connectivity index (χ3n) is 3.04. The second-order valence-corrected chi connectivity index (χ2v) is 4.73. The van der Waals surface area contributed by atoms with Gasteiger partial charge >= 0.3 is 0 Å². The van der Waals surface area contributed by atoms with Crippen LogP contribution in [-0.4, -0.2) is 10.2 Å². The zero-order chi connectivity index (χ0) is 14.1. The Hall–Kier alpha value is -2.26. The molecule has 1 aromatic heterocycles. The van der Waals surface area contributed by atoms with Gasteiger partial charge in [-0.25, -0.2) is 9.37 Å². The standard InChI is InChI=1S/C16H9ClFNO/c17-16(20)12-5-4-10-6-7-14(19-15(10)9-12)11-2-1-3-13(18)8-11/h1-9H. The minimum atomic E-state index is -0.523. The maximum absolute atomic E-state index is 13.2. The molecule has 1 heterocycles. The minimum absolute atomic E-state index is 0.311. The molecule has 2 nitrogen and oxygen atoms in total. The number of hydrogen-bond donors (Lipinski definition) is 0. The van der Waals surface area contributed by atoms with Crippen molar-refractivity contribution in [3.8, 4) is 11.3 Å². The van der Waals surface area contributed by atoms with E-state index in [1.165, 1.54) is 12.1 Å². The van der Waals surface area contributed by atoms with E-state index in [4.69, 9.17) is 11.6 Å². The van der Waals surface area contributed by atoms with Crippen molar-refractivity contribution < 1.29 is 9.18 Å². The molecular weight excluding hydrogens is 277 g/mol. The summed E-state index contributed by atoms with van der Waals surface area (Å²) in [5.74, 6) is -0.311. The van der Waals surface area contributed by atoms with Crippen LogP contribution < -0.4 is 0 Å². The van der Waals surface area contributed by atoms with Crippen LogP contribution in [0.3, 0.4) is 0 Å². The molecule has 3 rings (SSSR count). The van der Waals surface area contributed by atoms with E-state index in [1.807, 2.05) is 12.1 Å². The summed E-state index contributed by atoms with van der Waals surface area (Å²) < 4.78 is 13.2. The van der Waals surface area contributed by atoms with Crippen LogP contribution in [0.25, 0.3) is 22.2 Å². The van der Waals surface area contributed by atoms with Crippen LogP contribution >= 0.6 is 11.6 Å². The summed E-state index contributed by atoms with van der Waals surface area (Å²) in [6, 6.07) is 15.0. The predicted octanol–water partition coefficient (Wildman–Crippen LogP) is 4.42. The van der Waals surface area contributed by atoms with E-state index in [9.17, 15) is 9.18 Å². The number of carbonyl (C=O) groups excluding carboxylic acids is 1. The summed E-state index contributed by atoms with van der Waals surface area (Å²) in [5, 5.41) is 0.372. The van der Waals surface area contributed by atoms with E-state index in [0.29, 0.717) is 22.3 Å². The first kappa shape index (κ1) is 12.8. The van der Waals surface area contributed by atoms with E-state index in [0.717, 1.165) is 5.39 Å². The average Bonchev–Trinajstić information content (AvgIpc) is 2.46. The molecule has 0 aliphatic rings. The van der Waals surface area contributed by atoms with Gasteiger partial charge in [0.15, 0.2) is 0 Å². The van der Waals surface area contributed by atoms with Crippen LogP contribution in [-0.2, 0) is 0 Å². The van der Waals surface area contributed by atoms with Crippen LogP contribution in [0, 0.1) is 5.82 Å². The van der Waals surface area contributed by atoms with E-state index in [-0.39, 0.29) is 5.82 Å². The number of pyridine rings is 1. The third kappa shape index (κ3) is 2.40. The highest BCUT2D eigenvalue weighted by Crippen LogP contribution is 2.22. The summed E-state index contributed by atoms with van der Waals surface area (Å²) in [6.07, 6.45) is 0. The van der Waals surface area contributed by atoms with Gasteiger partial charge in [-0.3, -0.25) is 4.79 Å². The number of halogens is 2. The second kappa shape index (κ2) is 5.02. The van der Waals surface area contributed by atoms with Gasteiger partial charge in [0.2, 0.25) is 0 Å². The van der Waals surface area contributed by atoms with E-state index in [2.05, 4.69) is 4.98 Å². The largest absolute Gasteiger partial charge is 0.276 e. The highest BCUT2D eigenvalue weighted by atomic mass is 35.5. The van der Waals surface area contributed by atoms with Crippen molar-refractivity contribution in [2.24, 2.45) is 0 Å². The molecule has 0 atom stereocenters. The molecule has 0 fully saturated rings. The zero-order valence-electron chi connectivity index (χ0n) is 10.3. The summed E-state index contributed by atoms with van der Waals surface area (Å²) in [5.41, 5.74) is 2.38. The van der Waals surface area contributed by atoms with Gasteiger partial charge in [0.1, 0.15) is 5.82 Å². The van der Waals surface area contributed by atoms with E-state index in [1.54, 1.807) is 30.3 Å². The van der Waals surface area contributed by atoms with Crippen LogP contribution in [0.5, 0.6) is 0 Å². The van der Waals surface area contributed by atoms with Gasteiger partial charge in [0.25, 0.3) is 5.24 Å². The van der Waals surface area contributed by atoms with Crippen molar-refractivity contribution >= 4 is 27.7 Å². The van der Waals surface area contributed by atoms with Crippen LogP contribution in [0.4, 0.5) is 4.39 Å². The van der Waals surface area contributed by atoms with Gasteiger partial charge in [-0.05, 0) is 41.9 Å². The molecule has 4 heteroatoms. The van der Waals surface area contributed by atoms with Crippen LogP contribution in [0.1, 0.15) is 10.4 Å². The summed E-state index contributed by atoms with van der Waals surface area (Å²) in [6.45, 7) is 0. The van der Waals surface area contributed by atoms with Gasteiger partial charge in [-0.2, -0.15) is 0 Å². The summed E-state index contributed by atoms with van der Waals surface area (Å²) >= 11 is 5.46. The Labute approximate surface area is 119 Å². The molecule has 0 spiro atoms. The first-order valence-electron chi connectivity index (χ1n) is 6.00. The SMILES string of the molecule is O=C(Cl)c1ccc2ccc(-c3cccc(F)c3)nc2c1. The Morgan fingerprint density at radius 1 is 1.05 bits per heavy atom. The van der Waals surface area contributed by atoms with Crippen molar-refractivity contribution in [1.29, 1.82) is 0 Å². The first-order valence-corrected chi connectivity index (χ1v) is 6.38. The average molecular weight is 286 g/mol. The fourth-order valence-corrected chi connectivity index (χ4v) is 2.17. The van der Waals surface area contributed by atoms with E-state index >= 15 is 0 Å². The molecule has 20 heavy (non-hydrogen) atoms. The lowest BCUT2D eigenvalue weighted by Gasteiger charge is -2.04. The highest BCUT2D eigenvalue weighted by molar-refractivity contribution is 6.67. The molecule has 0 saturated heterocycles. The van der Waals surface area contributed by atoms with Crippen LogP contribution in [0.2, 0.25) is 0 Å². The molecule has 0 unspecified atom stereocenters. The predicted molar refractivity (Wildman–Crippen MR) is 77.3 cm³/mol. The molecule has 0 aliphatic heterocycles. The molecule has 3 aromatic rings. The number of rotatable bonds is 2. The molecule has 0 bridgehead atoms. The lowest BCUT2D eigenvalue weighted by molar-refractivity contribution is 0.108. The van der Waals surface area contributed by atoms with Crippen molar-refractivity contribution in [3.05, 3.63) is 66.0 Å². The molecule has 0 radical (unpaired) electrons. The third-order valence-corrected chi connectivity index (χ3v) is 3.26. The Bertz CT molecular complexity index is 816. The zero-order valence-corrected chi connectivity index (χ0v) is 11.1. The lowest BCUT2D eigenvalue weighted by atomic mass is 10.1. The summed E-state index contributed by atoms with van der Waals surface area (Å²) in [7, 11) is 0. The summed E-state index contributed by atoms with van der Waals surface area (Å²) in [4.78, 5) is 15.6. The monoisotopic (exact) mass is 285 g/mol. The minimum Gasteiger partial charge on any atom is -0.276 e. The molecule has 0 amide bonds. The number of fused-ring (bicyclic) bond motifs is 1. The van der Waals surface area contributed by atoms with Gasteiger partial charge < -0.3 is 0 Å². The van der Waals surface area contributed by atoms with Crippen molar-refractivity contribution in [2.75, 3.05) is 0 Å². The van der Waals surface area contributed by atoms with Gasteiger partial charge in [-0.1, -0.05) is 24.3 Å². The van der Waals surface area contributed by atoms with Gasteiger partial charge in [-0.15, -0.1) is 0 Å². The maximum Gasteiger partial charge on any atom is 0.252 e. The Morgan fingerprint density at radius 3 is 2.60 bits per heavy atom. The number of hydrogen-bond acceptors (Lipinski definition) is 2. The number of nitrogens with zero attached hydrogens (tertiary/aromatic N) is 1. The molecule has 0 aliphatic carbocycles. The van der Waals surface area contributed by atoms with Gasteiger partial charge in [0, 0.05) is 16.5 Å². The number of carbonyl (C=O) groups is 1. The maximum atomic E-state index is 13.2. The fourth-order valence-electron chi connectivity index (χ4n) is 2.05. The lowest BCUT2D eigenvalue weighted by Crippen LogP contribution is -1.91. The normalized spacial score (nSPS) is 10.7. The molecule has 0 N–H and O–H groups in total. The second-order valence-electron chi connectivity index (χ2n) is 4.39. The first-order chi connectivity index (χ1) is 9.63. The molecule has 0 saturated carbocycles. The smallest absolute Gasteiger partial charge is 0.252 e.